The number of rotatable bonds is 11. The van der Waals surface area contributed by atoms with Crippen molar-refractivity contribution in [2.45, 2.75) is 76.2 Å². The Morgan fingerprint density at radius 3 is 2.31 bits per heavy atom. The second kappa shape index (κ2) is 14.2. The van der Waals surface area contributed by atoms with E-state index in [1.165, 1.54) is 22.9 Å². The van der Waals surface area contributed by atoms with Crippen molar-refractivity contribution in [3.8, 4) is 5.75 Å². The molecule has 2 heterocycles. The van der Waals surface area contributed by atoms with E-state index in [2.05, 4.69) is 74.9 Å². The highest BCUT2D eigenvalue weighted by atomic mass is 35.5. The van der Waals surface area contributed by atoms with Gasteiger partial charge in [-0.1, -0.05) is 41.9 Å². The van der Waals surface area contributed by atoms with Crippen LogP contribution in [0.1, 0.15) is 63.1 Å². The summed E-state index contributed by atoms with van der Waals surface area (Å²) in [5.74, 6) is 1.98. The highest BCUT2D eigenvalue weighted by Crippen LogP contribution is 2.38. The molecule has 0 radical (unpaired) electrons. The van der Waals surface area contributed by atoms with Gasteiger partial charge in [-0.2, -0.15) is 4.98 Å². The van der Waals surface area contributed by atoms with E-state index in [1.54, 1.807) is 38.1 Å². The number of nitrogens with zero attached hydrogens (tertiary/aromatic N) is 3. The number of sulfone groups is 1. The lowest BCUT2D eigenvalue weighted by atomic mass is 9.86. The lowest BCUT2D eigenvalue weighted by Gasteiger charge is -2.33. The van der Waals surface area contributed by atoms with E-state index < -0.39 is 15.1 Å². The number of benzene rings is 3. The minimum atomic E-state index is -3.36. The molecule has 45 heavy (non-hydrogen) atoms. The minimum Gasteiger partial charge on any atom is -0.489 e. The normalized spacial score (nSPS) is 14.6. The number of hydrogen-bond donors (Lipinski definition) is 2. The van der Waals surface area contributed by atoms with Crippen molar-refractivity contribution in [1.29, 1.82) is 0 Å². The Morgan fingerprint density at radius 2 is 1.67 bits per heavy atom. The monoisotopic (exact) mass is 647 g/mol. The number of halogens is 1. The van der Waals surface area contributed by atoms with Gasteiger partial charge in [0.25, 0.3) is 0 Å². The molecule has 0 unspecified atom stereocenters. The Hall–Kier alpha value is -3.66. The second-order valence-corrected chi connectivity index (χ2v) is 15.1. The summed E-state index contributed by atoms with van der Waals surface area (Å²) >= 11 is 6.44. The molecule has 8 nitrogen and oxygen atoms in total. The molecule has 1 fully saturated rings. The third kappa shape index (κ3) is 8.14. The average Bonchev–Trinajstić information content (AvgIpc) is 3.01. The van der Waals surface area contributed by atoms with Crippen LogP contribution in [0.15, 0.2) is 77.8 Å². The predicted octanol–water partition coefficient (Wildman–Crippen LogP) is 8.27. The Bertz CT molecular complexity index is 1710. The van der Waals surface area contributed by atoms with Crippen molar-refractivity contribution >= 4 is 44.6 Å². The predicted molar refractivity (Wildman–Crippen MR) is 183 cm³/mol. The van der Waals surface area contributed by atoms with E-state index in [1.807, 2.05) is 13.8 Å². The van der Waals surface area contributed by atoms with Crippen LogP contribution in [0.4, 0.5) is 23.1 Å². The molecule has 0 saturated carbocycles. The number of nitrogens with one attached hydrogen (secondary N) is 2. The van der Waals surface area contributed by atoms with E-state index >= 15 is 0 Å². The van der Waals surface area contributed by atoms with Gasteiger partial charge in [-0.15, -0.1) is 0 Å². The smallest absolute Gasteiger partial charge is 0.229 e. The summed E-state index contributed by atoms with van der Waals surface area (Å²) in [4.78, 5) is 11.8. The lowest BCUT2D eigenvalue weighted by Crippen LogP contribution is -2.32. The summed E-state index contributed by atoms with van der Waals surface area (Å²) in [5.41, 5.74) is 5.30. The van der Waals surface area contributed by atoms with Crippen LogP contribution in [0, 0.1) is 6.92 Å². The number of ether oxygens (including phenoxy) is 1. The largest absolute Gasteiger partial charge is 0.489 e. The number of anilines is 4. The molecule has 2 N–H and O–H groups in total. The maximum absolute atomic E-state index is 12.5. The summed E-state index contributed by atoms with van der Waals surface area (Å²) in [7, 11) is -3.36. The van der Waals surface area contributed by atoms with Crippen molar-refractivity contribution in [3.63, 3.8) is 0 Å². The van der Waals surface area contributed by atoms with Crippen LogP contribution in [0.25, 0.3) is 0 Å². The zero-order valence-corrected chi connectivity index (χ0v) is 28.1. The average molecular weight is 648 g/mol. The molecular formula is C35H42ClN5O3S. The Kier molecular flexibility index (Phi) is 10.3. The first-order chi connectivity index (χ1) is 21.5. The maximum Gasteiger partial charge on any atom is 0.229 e. The third-order valence-electron chi connectivity index (χ3n) is 8.06. The molecule has 0 aliphatic carbocycles. The summed E-state index contributed by atoms with van der Waals surface area (Å²) in [6, 6.07) is 21.5. The molecule has 0 bridgehead atoms. The summed E-state index contributed by atoms with van der Waals surface area (Å²) in [6.45, 7) is 12.6. The van der Waals surface area contributed by atoms with Crippen LogP contribution in [0.3, 0.4) is 0 Å². The van der Waals surface area contributed by atoms with Gasteiger partial charge in [-0.25, -0.2) is 13.4 Å². The molecule has 3 aromatic carbocycles. The SMILES string of the molecule is Cc1cc(Nc2ncc(Cl)c(Nc3ccc(S(=O)(=O)C(C)C)cc3)n2)c(OC(C)C)cc1C1CCN(Cc2ccccc2)CC1. The topological polar surface area (TPSA) is 96.5 Å². The fraction of sp³-hybridized carbons (Fsp3) is 0.371. The Balaban J connectivity index is 1.32. The molecule has 10 heteroatoms. The van der Waals surface area contributed by atoms with Crippen molar-refractivity contribution in [2.75, 3.05) is 23.7 Å². The summed E-state index contributed by atoms with van der Waals surface area (Å²) in [6.07, 6.45) is 3.71. The fourth-order valence-corrected chi connectivity index (χ4v) is 6.81. The molecule has 4 aromatic rings. The molecule has 1 aromatic heterocycles. The molecule has 0 atom stereocenters. The van der Waals surface area contributed by atoms with Crippen molar-refractivity contribution in [3.05, 3.63) is 94.6 Å². The maximum atomic E-state index is 12.5. The van der Waals surface area contributed by atoms with Gasteiger partial charge in [0.2, 0.25) is 5.95 Å². The summed E-state index contributed by atoms with van der Waals surface area (Å²) in [5, 5.41) is 6.36. The Labute approximate surface area is 272 Å². The molecule has 1 aliphatic heterocycles. The fourth-order valence-electron chi connectivity index (χ4n) is 5.61. The van der Waals surface area contributed by atoms with E-state index in [0.717, 1.165) is 43.9 Å². The van der Waals surface area contributed by atoms with Crippen LogP contribution >= 0.6 is 11.6 Å². The first-order valence-corrected chi connectivity index (χ1v) is 17.4. The number of hydrogen-bond acceptors (Lipinski definition) is 8. The minimum absolute atomic E-state index is 0.0142. The highest BCUT2D eigenvalue weighted by Gasteiger charge is 2.24. The zero-order chi connectivity index (χ0) is 32.1. The van der Waals surface area contributed by atoms with Gasteiger partial charge < -0.3 is 15.4 Å². The van der Waals surface area contributed by atoms with Gasteiger partial charge >= 0.3 is 0 Å². The third-order valence-corrected chi connectivity index (χ3v) is 10.5. The number of aryl methyl sites for hydroxylation is 1. The zero-order valence-electron chi connectivity index (χ0n) is 26.5. The number of likely N-dealkylation sites (tertiary alicyclic amines) is 1. The highest BCUT2D eigenvalue weighted by molar-refractivity contribution is 7.92. The van der Waals surface area contributed by atoms with Crippen LogP contribution in [0.5, 0.6) is 5.75 Å². The van der Waals surface area contributed by atoms with Gasteiger partial charge in [0, 0.05) is 12.2 Å². The molecule has 0 spiro atoms. The van der Waals surface area contributed by atoms with E-state index in [4.69, 9.17) is 16.3 Å². The molecule has 238 valence electrons. The standard InChI is InChI=1S/C35H42ClN5O3S/c1-23(2)44-33-20-30(27-15-17-41(18-16-27)22-26-9-7-6-8-10-26)25(5)19-32(33)39-35-37-21-31(36)34(40-35)38-28-11-13-29(14-12-28)45(42,43)24(3)4/h6-14,19-21,23-24,27H,15-18,22H2,1-5H3,(H2,37,38,39,40). The molecule has 5 rings (SSSR count). The molecule has 0 amide bonds. The van der Waals surface area contributed by atoms with Crippen LogP contribution in [-0.2, 0) is 16.4 Å². The van der Waals surface area contributed by atoms with Crippen molar-refractivity contribution < 1.29 is 13.2 Å². The van der Waals surface area contributed by atoms with E-state index in [9.17, 15) is 8.42 Å². The molecule has 1 aliphatic rings. The quantitative estimate of drug-likeness (QED) is 0.168. The van der Waals surface area contributed by atoms with E-state index in [0.29, 0.717) is 28.4 Å². The van der Waals surface area contributed by atoms with Crippen molar-refractivity contribution in [2.24, 2.45) is 0 Å². The van der Waals surface area contributed by atoms with Crippen LogP contribution in [0.2, 0.25) is 5.02 Å². The number of aromatic nitrogens is 2. The molecule has 1 saturated heterocycles. The number of piperidine rings is 1. The Morgan fingerprint density at radius 1 is 0.978 bits per heavy atom. The van der Waals surface area contributed by atoms with Crippen LogP contribution < -0.4 is 15.4 Å². The van der Waals surface area contributed by atoms with Gasteiger partial charge in [-0.3, -0.25) is 4.90 Å². The molecular weight excluding hydrogens is 606 g/mol. The van der Waals surface area contributed by atoms with Gasteiger partial charge in [0.1, 0.15) is 10.8 Å². The lowest BCUT2D eigenvalue weighted by molar-refractivity contribution is 0.204. The first kappa shape index (κ1) is 32.7. The second-order valence-electron chi connectivity index (χ2n) is 12.2. The van der Waals surface area contributed by atoms with Gasteiger partial charge in [-0.05, 0) is 120 Å². The van der Waals surface area contributed by atoms with Crippen LogP contribution in [-0.4, -0.2) is 47.7 Å². The van der Waals surface area contributed by atoms with Gasteiger partial charge in [0.15, 0.2) is 15.7 Å². The van der Waals surface area contributed by atoms with E-state index in [-0.39, 0.29) is 11.0 Å². The van der Waals surface area contributed by atoms with Crippen molar-refractivity contribution in [1.82, 2.24) is 14.9 Å². The van der Waals surface area contributed by atoms with Gasteiger partial charge in [0.05, 0.1) is 28.1 Å². The summed E-state index contributed by atoms with van der Waals surface area (Å²) < 4.78 is 31.3. The first-order valence-electron chi connectivity index (χ1n) is 15.5.